The number of carbonyl (C=O) groups is 1. The van der Waals surface area contributed by atoms with Crippen LogP contribution in [-0.2, 0) is 4.79 Å². The Labute approximate surface area is 117 Å². The Kier molecular flexibility index (Phi) is 6.54. The van der Waals surface area contributed by atoms with Crippen molar-refractivity contribution in [1.29, 1.82) is 0 Å². The van der Waals surface area contributed by atoms with Gasteiger partial charge in [0.05, 0.1) is 11.8 Å². The van der Waals surface area contributed by atoms with Gasteiger partial charge in [0.15, 0.2) is 0 Å². The van der Waals surface area contributed by atoms with Crippen molar-refractivity contribution in [3.63, 3.8) is 0 Å². The Morgan fingerprint density at radius 3 is 2.72 bits per heavy atom. The van der Waals surface area contributed by atoms with Crippen LogP contribution in [0.15, 0.2) is 24.3 Å². The fourth-order valence-electron chi connectivity index (χ4n) is 1.47. The first-order valence-corrected chi connectivity index (χ1v) is 7.32. The summed E-state index contributed by atoms with van der Waals surface area (Å²) in [5, 5.41) is 3.90. The minimum atomic E-state index is -0.0833. The number of amides is 1. The third-order valence-electron chi connectivity index (χ3n) is 2.58. The smallest absolute Gasteiger partial charge is 0.230 e. The third-order valence-corrected chi connectivity index (χ3v) is 4.11. The normalized spacial score (nSPS) is 14.0. The molecule has 18 heavy (non-hydrogen) atoms. The molecule has 1 aromatic carbocycles. The largest absolute Gasteiger partial charge is 0.349 e. The highest BCUT2D eigenvalue weighted by molar-refractivity contribution is 8.00. The summed E-state index contributed by atoms with van der Waals surface area (Å²) >= 11 is 7.64. The van der Waals surface area contributed by atoms with Gasteiger partial charge < -0.3 is 11.1 Å². The predicted molar refractivity (Wildman–Crippen MR) is 79.0 cm³/mol. The Bertz CT molecular complexity index is 400. The Hall–Kier alpha value is -0.710. The van der Waals surface area contributed by atoms with Crippen molar-refractivity contribution in [2.75, 3.05) is 12.3 Å². The van der Waals surface area contributed by atoms with E-state index >= 15 is 0 Å². The second kappa shape index (κ2) is 7.67. The molecule has 0 spiro atoms. The Balaban J connectivity index is 2.47. The maximum Gasteiger partial charge on any atom is 0.230 e. The van der Waals surface area contributed by atoms with Gasteiger partial charge in [0.1, 0.15) is 0 Å². The molecule has 3 N–H and O–H groups in total. The molecule has 1 amide bonds. The van der Waals surface area contributed by atoms with Gasteiger partial charge in [0, 0.05) is 16.8 Å². The maximum absolute atomic E-state index is 11.7. The molecule has 100 valence electrons. The summed E-state index contributed by atoms with van der Waals surface area (Å²) in [6.45, 7) is 4.52. The van der Waals surface area contributed by atoms with Crippen molar-refractivity contribution in [1.82, 2.24) is 5.32 Å². The van der Waals surface area contributed by atoms with Crippen molar-refractivity contribution in [2.45, 2.75) is 25.1 Å². The highest BCUT2D eigenvalue weighted by Gasteiger charge is 2.12. The van der Waals surface area contributed by atoms with Crippen molar-refractivity contribution in [2.24, 2.45) is 5.73 Å². The number of hydrogen-bond acceptors (Lipinski definition) is 3. The van der Waals surface area contributed by atoms with E-state index in [-0.39, 0.29) is 11.9 Å². The van der Waals surface area contributed by atoms with Gasteiger partial charge in [-0.3, -0.25) is 4.79 Å². The van der Waals surface area contributed by atoms with Gasteiger partial charge in [0.25, 0.3) is 0 Å². The van der Waals surface area contributed by atoms with E-state index in [2.05, 4.69) is 5.32 Å². The van der Waals surface area contributed by atoms with Crippen LogP contribution in [0.2, 0.25) is 5.02 Å². The summed E-state index contributed by atoms with van der Waals surface area (Å²) < 4.78 is 0. The average molecular weight is 287 g/mol. The lowest BCUT2D eigenvalue weighted by Crippen LogP contribution is -2.29. The van der Waals surface area contributed by atoms with Crippen LogP contribution >= 0.6 is 23.4 Å². The molecule has 0 heterocycles. The highest BCUT2D eigenvalue weighted by Crippen LogP contribution is 2.22. The van der Waals surface area contributed by atoms with Crippen LogP contribution in [0, 0.1) is 0 Å². The van der Waals surface area contributed by atoms with Crippen molar-refractivity contribution in [3.05, 3.63) is 34.9 Å². The molecule has 0 saturated heterocycles. The first kappa shape index (κ1) is 15.3. The van der Waals surface area contributed by atoms with Crippen molar-refractivity contribution >= 4 is 29.3 Å². The third kappa shape index (κ3) is 4.88. The zero-order valence-corrected chi connectivity index (χ0v) is 12.2. The molecule has 3 nitrogen and oxygen atoms in total. The number of carbonyl (C=O) groups excluding carboxylic acids is 1. The van der Waals surface area contributed by atoms with E-state index in [9.17, 15) is 4.79 Å². The summed E-state index contributed by atoms with van der Waals surface area (Å²) in [6.07, 6.45) is 0. The van der Waals surface area contributed by atoms with Crippen LogP contribution in [0.5, 0.6) is 0 Å². The van der Waals surface area contributed by atoms with Gasteiger partial charge in [-0.2, -0.15) is 0 Å². The molecule has 0 aliphatic rings. The topological polar surface area (TPSA) is 55.1 Å². The predicted octanol–water partition coefficient (Wildman–Crippen LogP) is 2.60. The second-order valence-electron chi connectivity index (χ2n) is 4.17. The van der Waals surface area contributed by atoms with Crippen molar-refractivity contribution in [3.8, 4) is 0 Å². The fourth-order valence-corrected chi connectivity index (χ4v) is 2.43. The highest BCUT2D eigenvalue weighted by atomic mass is 35.5. The van der Waals surface area contributed by atoms with Crippen LogP contribution in [0.25, 0.3) is 0 Å². The second-order valence-corrected chi connectivity index (χ2v) is 6.00. The van der Waals surface area contributed by atoms with E-state index in [1.807, 2.05) is 38.1 Å². The minimum Gasteiger partial charge on any atom is -0.349 e. The van der Waals surface area contributed by atoms with Gasteiger partial charge in [-0.25, -0.2) is 0 Å². The molecule has 1 aromatic rings. The molecule has 2 unspecified atom stereocenters. The number of nitrogens with one attached hydrogen (secondary N) is 1. The van der Waals surface area contributed by atoms with Gasteiger partial charge in [-0.05, 0) is 18.6 Å². The number of thioether (sulfide) groups is 1. The first-order chi connectivity index (χ1) is 8.54. The number of rotatable bonds is 6. The summed E-state index contributed by atoms with van der Waals surface area (Å²) in [6, 6.07) is 7.45. The van der Waals surface area contributed by atoms with E-state index in [4.69, 9.17) is 17.3 Å². The lowest BCUT2D eigenvalue weighted by Gasteiger charge is -2.16. The number of halogens is 1. The number of hydrogen-bond donors (Lipinski definition) is 2. The van der Waals surface area contributed by atoms with Crippen LogP contribution in [0.1, 0.15) is 25.5 Å². The van der Waals surface area contributed by atoms with Crippen molar-refractivity contribution < 1.29 is 4.79 Å². The van der Waals surface area contributed by atoms with Crippen LogP contribution in [0.4, 0.5) is 0 Å². The molecule has 5 heteroatoms. The average Bonchev–Trinajstić information content (AvgIpc) is 2.36. The number of benzene rings is 1. The summed E-state index contributed by atoms with van der Waals surface area (Å²) in [5.41, 5.74) is 6.44. The maximum atomic E-state index is 11.7. The quantitative estimate of drug-likeness (QED) is 0.845. The van der Waals surface area contributed by atoms with Gasteiger partial charge >= 0.3 is 0 Å². The molecule has 2 atom stereocenters. The first-order valence-electron chi connectivity index (χ1n) is 5.90. The molecule has 0 aromatic heterocycles. The van der Waals surface area contributed by atoms with E-state index in [0.29, 0.717) is 22.6 Å². The van der Waals surface area contributed by atoms with Crippen LogP contribution < -0.4 is 11.1 Å². The molecule has 0 bridgehead atoms. The molecular weight excluding hydrogens is 268 g/mol. The summed E-state index contributed by atoms with van der Waals surface area (Å²) in [7, 11) is 0. The zero-order chi connectivity index (χ0) is 13.5. The number of nitrogens with two attached hydrogens (primary N) is 1. The molecule has 0 saturated carbocycles. The van der Waals surface area contributed by atoms with Gasteiger partial charge in [-0.15, -0.1) is 11.8 Å². The molecule has 0 radical (unpaired) electrons. The van der Waals surface area contributed by atoms with E-state index in [0.717, 1.165) is 5.56 Å². The van der Waals surface area contributed by atoms with Crippen LogP contribution in [-0.4, -0.2) is 23.5 Å². The Morgan fingerprint density at radius 2 is 2.11 bits per heavy atom. The van der Waals surface area contributed by atoms with Gasteiger partial charge in [0.2, 0.25) is 5.91 Å². The summed E-state index contributed by atoms with van der Waals surface area (Å²) in [5.74, 6) is 0.431. The standard InChI is InChI=1S/C13H19ClN2OS/c1-9(7-15)18-8-13(17)16-10(2)11-5-3-4-6-12(11)14/h3-6,9-10H,7-8,15H2,1-2H3,(H,16,17). The minimum absolute atomic E-state index is 0.00715. The van der Waals surface area contributed by atoms with E-state index in [1.165, 1.54) is 0 Å². The molecule has 0 aliphatic carbocycles. The van der Waals surface area contributed by atoms with Crippen LogP contribution in [0.3, 0.4) is 0 Å². The monoisotopic (exact) mass is 286 g/mol. The Morgan fingerprint density at radius 1 is 1.44 bits per heavy atom. The molecule has 0 aliphatic heterocycles. The van der Waals surface area contributed by atoms with Gasteiger partial charge in [-0.1, -0.05) is 36.7 Å². The van der Waals surface area contributed by atoms with E-state index in [1.54, 1.807) is 11.8 Å². The fraction of sp³-hybridized carbons (Fsp3) is 0.462. The lowest BCUT2D eigenvalue weighted by atomic mass is 10.1. The molecule has 0 fully saturated rings. The SMILES string of the molecule is CC(CN)SCC(=O)NC(C)c1ccccc1Cl. The summed E-state index contributed by atoms with van der Waals surface area (Å²) in [4.78, 5) is 11.7. The van der Waals surface area contributed by atoms with E-state index < -0.39 is 0 Å². The molecular formula is C13H19ClN2OS. The lowest BCUT2D eigenvalue weighted by molar-refractivity contribution is -0.119. The zero-order valence-electron chi connectivity index (χ0n) is 10.7. The molecule has 1 rings (SSSR count).